The van der Waals surface area contributed by atoms with Crippen molar-refractivity contribution in [2.24, 2.45) is 0 Å². The Labute approximate surface area is 116 Å². The summed E-state index contributed by atoms with van der Waals surface area (Å²) in [5, 5.41) is 0. The first-order chi connectivity index (χ1) is 9.83. The van der Waals surface area contributed by atoms with Gasteiger partial charge in [-0.1, -0.05) is 48.5 Å². The van der Waals surface area contributed by atoms with Crippen LogP contribution in [0.3, 0.4) is 0 Å². The van der Waals surface area contributed by atoms with Crippen molar-refractivity contribution >= 4 is 0 Å². The zero-order valence-corrected chi connectivity index (χ0v) is 10.7. The van der Waals surface area contributed by atoms with E-state index >= 15 is 0 Å². The molecule has 1 heterocycles. The highest BCUT2D eigenvalue weighted by Gasteiger charge is 2.07. The van der Waals surface area contributed by atoms with Gasteiger partial charge in [0.2, 0.25) is 5.95 Å². The number of pyridine rings is 1. The van der Waals surface area contributed by atoms with Crippen LogP contribution in [0.4, 0.5) is 4.39 Å². The quantitative estimate of drug-likeness (QED) is 0.641. The fourth-order valence-corrected chi connectivity index (χ4v) is 1.99. The topological polar surface area (TPSA) is 22.1 Å². The third-order valence-electron chi connectivity index (χ3n) is 2.90. The molecule has 20 heavy (non-hydrogen) atoms. The Hall–Kier alpha value is -2.68. The van der Waals surface area contributed by atoms with Crippen LogP contribution in [0.1, 0.15) is 0 Å². The molecule has 0 saturated heterocycles. The van der Waals surface area contributed by atoms with E-state index in [1.165, 1.54) is 12.3 Å². The minimum absolute atomic E-state index is 0.431. The second-order valence-electron chi connectivity index (χ2n) is 4.28. The second-order valence-corrected chi connectivity index (χ2v) is 4.28. The lowest BCUT2D eigenvalue weighted by atomic mass is 10.1. The van der Waals surface area contributed by atoms with E-state index in [9.17, 15) is 4.39 Å². The molecule has 2 aromatic carbocycles. The Morgan fingerprint density at radius 2 is 1.60 bits per heavy atom. The maximum atomic E-state index is 13.1. The molecular weight excluding hydrogens is 253 g/mol. The third kappa shape index (κ3) is 2.67. The van der Waals surface area contributed by atoms with Crippen molar-refractivity contribution in [1.82, 2.24) is 4.98 Å². The van der Waals surface area contributed by atoms with Gasteiger partial charge in [-0.15, -0.1) is 0 Å². The maximum absolute atomic E-state index is 13.1. The normalized spacial score (nSPS) is 10.2. The molecule has 0 saturated carbocycles. The molecule has 3 rings (SSSR count). The Bertz CT molecular complexity index is 713. The van der Waals surface area contributed by atoms with Crippen LogP contribution in [0, 0.1) is 5.95 Å². The number of para-hydroxylation sites is 1. The average Bonchev–Trinajstić information content (AvgIpc) is 2.49. The zero-order chi connectivity index (χ0) is 13.8. The molecule has 0 N–H and O–H groups in total. The molecule has 0 aliphatic heterocycles. The standard InChI is InChI=1S/C17H12FNO/c18-17-12-14(10-11-19-17)20-16-9-5-4-8-15(16)13-6-2-1-3-7-13/h1-12H. The molecule has 0 spiro atoms. The molecule has 98 valence electrons. The van der Waals surface area contributed by atoms with Gasteiger partial charge in [0.25, 0.3) is 0 Å². The minimum atomic E-state index is -0.556. The summed E-state index contributed by atoms with van der Waals surface area (Å²) in [6.45, 7) is 0. The lowest BCUT2D eigenvalue weighted by Crippen LogP contribution is -1.90. The van der Waals surface area contributed by atoms with Crippen LogP contribution in [0.5, 0.6) is 11.5 Å². The largest absolute Gasteiger partial charge is 0.456 e. The van der Waals surface area contributed by atoms with E-state index in [1.807, 2.05) is 54.6 Å². The van der Waals surface area contributed by atoms with Crippen LogP contribution in [0.25, 0.3) is 11.1 Å². The highest BCUT2D eigenvalue weighted by molar-refractivity contribution is 5.70. The van der Waals surface area contributed by atoms with Gasteiger partial charge >= 0.3 is 0 Å². The molecule has 0 bridgehead atoms. The first-order valence-electron chi connectivity index (χ1n) is 6.27. The van der Waals surface area contributed by atoms with Crippen LogP contribution >= 0.6 is 0 Å². The van der Waals surface area contributed by atoms with Gasteiger partial charge in [-0.3, -0.25) is 0 Å². The van der Waals surface area contributed by atoms with Crippen molar-refractivity contribution in [1.29, 1.82) is 0 Å². The number of benzene rings is 2. The molecule has 1 aromatic heterocycles. The SMILES string of the molecule is Fc1cc(Oc2ccccc2-c2ccccc2)ccn1. The second kappa shape index (κ2) is 5.53. The van der Waals surface area contributed by atoms with Crippen LogP contribution in [0.15, 0.2) is 72.9 Å². The summed E-state index contributed by atoms with van der Waals surface area (Å²) in [5.41, 5.74) is 2.02. The number of hydrogen-bond donors (Lipinski definition) is 0. The molecule has 0 aliphatic rings. The number of halogens is 1. The molecule has 2 nitrogen and oxygen atoms in total. The van der Waals surface area contributed by atoms with E-state index in [4.69, 9.17) is 4.74 Å². The van der Waals surface area contributed by atoms with E-state index in [0.29, 0.717) is 11.5 Å². The van der Waals surface area contributed by atoms with Crippen molar-refractivity contribution in [3.63, 3.8) is 0 Å². The van der Waals surface area contributed by atoms with Crippen molar-refractivity contribution in [2.45, 2.75) is 0 Å². The van der Waals surface area contributed by atoms with Crippen molar-refractivity contribution < 1.29 is 9.13 Å². The predicted octanol–water partition coefficient (Wildman–Crippen LogP) is 4.68. The van der Waals surface area contributed by atoms with Crippen molar-refractivity contribution in [3.8, 4) is 22.6 Å². The highest BCUT2D eigenvalue weighted by Crippen LogP contribution is 2.32. The van der Waals surface area contributed by atoms with E-state index in [2.05, 4.69) is 4.98 Å². The Morgan fingerprint density at radius 1 is 0.850 bits per heavy atom. The number of rotatable bonds is 3. The summed E-state index contributed by atoms with van der Waals surface area (Å²) < 4.78 is 18.9. The van der Waals surface area contributed by atoms with E-state index in [-0.39, 0.29) is 0 Å². The van der Waals surface area contributed by atoms with Gasteiger partial charge in [0.1, 0.15) is 11.5 Å². The van der Waals surface area contributed by atoms with Crippen LogP contribution in [0.2, 0.25) is 0 Å². The molecule has 0 atom stereocenters. The molecule has 0 fully saturated rings. The zero-order valence-electron chi connectivity index (χ0n) is 10.7. The first kappa shape index (κ1) is 12.4. The molecular formula is C17H12FNO. The summed E-state index contributed by atoms with van der Waals surface area (Å²) in [4.78, 5) is 3.52. The van der Waals surface area contributed by atoms with Gasteiger partial charge in [-0.2, -0.15) is 4.39 Å². The third-order valence-corrected chi connectivity index (χ3v) is 2.90. The summed E-state index contributed by atoms with van der Waals surface area (Å²) in [5.74, 6) is 0.560. The summed E-state index contributed by atoms with van der Waals surface area (Å²) in [6.07, 6.45) is 1.38. The van der Waals surface area contributed by atoms with Gasteiger partial charge in [-0.05, 0) is 17.7 Å². The number of ether oxygens (including phenoxy) is 1. The van der Waals surface area contributed by atoms with Gasteiger partial charge in [-0.25, -0.2) is 4.98 Å². The van der Waals surface area contributed by atoms with Gasteiger partial charge in [0.15, 0.2) is 0 Å². The monoisotopic (exact) mass is 265 g/mol. The minimum Gasteiger partial charge on any atom is -0.456 e. The molecule has 3 aromatic rings. The van der Waals surface area contributed by atoms with Crippen LogP contribution in [-0.4, -0.2) is 4.98 Å². The smallest absolute Gasteiger partial charge is 0.216 e. The Kier molecular flexibility index (Phi) is 3.42. The summed E-state index contributed by atoms with van der Waals surface area (Å²) >= 11 is 0. The van der Waals surface area contributed by atoms with Crippen LogP contribution in [-0.2, 0) is 0 Å². The van der Waals surface area contributed by atoms with Gasteiger partial charge in [0.05, 0.1) is 0 Å². The predicted molar refractivity (Wildman–Crippen MR) is 76.1 cm³/mol. The fraction of sp³-hybridized carbons (Fsp3) is 0. The summed E-state index contributed by atoms with van der Waals surface area (Å²) in [6, 6.07) is 20.5. The molecule has 0 amide bonds. The maximum Gasteiger partial charge on any atom is 0.216 e. The Morgan fingerprint density at radius 3 is 2.40 bits per heavy atom. The van der Waals surface area contributed by atoms with Gasteiger partial charge < -0.3 is 4.74 Å². The van der Waals surface area contributed by atoms with E-state index in [1.54, 1.807) is 6.07 Å². The number of nitrogens with zero attached hydrogens (tertiary/aromatic N) is 1. The van der Waals surface area contributed by atoms with Crippen molar-refractivity contribution in [3.05, 3.63) is 78.9 Å². The Balaban J connectivity index is 1.99. The molecule has 0 radical (unpaired) electrons. The van der Waals surface area contributed by atoms with Crippen molar-refractivity contribution in [2.75, 3.05) is 0 Å². The summed E-state index contributed by atoms with van der Waals surface area (Å²) in [7, 11) is 0. The lowest BCUT2D eigenvalue weighted by molar-refractivity contribution is 0.473. The number of aromatic nitrogens is 1. The molecule has 3 heteroatoms. The molecule has 0 aliphatic carbocycles. The van der Waals surface area contributed by atoms with E-state index in [0.717, 1.165) is 11.1 Å². The van der Waals surface area contributed by atoms with Crippen LogP contribution < -0.4 is 4.74 Å². The number of hydrogen-bond acceptors (Lipinski definition) is 2. The van der Waals surface area contributed by atoms with Gasteiger partial charge in [0, 0.05) is 17.8 Å². The van der Waals surface area contributed by atoms with E-state index < -0.39 is 5.95 Å². The first-order valence-corrected chi connectivity index (χ1v) is 6.27. The fourth-order valence-electron chi connectivity index (χ4n) is 1.99. The molecule has 0 unspecified atom stereocenters. The average molecular weight is 265 g/mol. The lowest BCUT2D eigenvalue weighted by Gasteiger charge is -2.11. The highest BCUT2D eigenvalue weighted by atomic mass is 19.1.